The maximum atomic E-state index is 12.6. The van der Waals surface area contributed by atoms with Gasteiger partial charge in [-0.2, -0.15) is 0 Å². The second-order valence-electron chi connectivity index (χ2n) is 5.95. The lowest BCUT2D eigenvalue weighted by Gasteiger charge is -2.22. The standard InChI is InChI=1S/C19H18BrClN2O2/c20-16-6-2-14(3-7-16)18(24)22-10-1-11-23(13-12-22)19(25)15-4-8-17(21)9-5-15/h2-9H,1,10-13H2. The van der Waals surface area contributed by atoms with E-state index >= 15 is 0 Å². The fourth-order valence-corrected chi connectivity index (χ4v) is 3.26. The monoisotopic (exact) mass is 420 g/mol. The zero-order valence-corrected chi connectivity index (χ0v) is 16.0. The summed E-state index contributed by atoms with van der Waals surface area (Å²) in [5.41, 5.74) is 1.29. The van der Waals surface area contributed by atoms with E-state index < -0.39 is 0 Å². The molecule has 0 saturated carbocycles. The summed E-state index contributed by atoms with van der Waals surface area (Å²) in [5, 5.41) is 0.610. The van der Waals surface area contributed by atoms with E-state index in [1.807, 2.05) is 29.2 Å². The summed E-state index contributed by atoms with van der Waals surface area (Å²) in [6.07, 6.45) is 0.765. The lowest BCUT2D eigenvalue weighted by Crippen LogP contribution is -2.37. The van der Waals surface area contributed by atoms with Crippen molar-refractivity contribution in [2.75, 3.05) is 26.2 Å². The van der Waals surface area contributed by atoms with E-state index in [1.165, 1.54) is 0 Å². The lowest BCUT2D eigenvalue weighted by atomic mass is 10.2. The number of hydrogen-bond acceptors (Lipinski definition) is 2. The van der Waals surface area contributed by atoms with Gasteiger partial charge in [-0.25, -0.2) is 0 Å². The van der Waals surface area contributed by atoms with Crippen LogP contribution in [-0.2, 0) is 0 Å². The van der Waals surface area contributed by atoms with Crippen LogP contribution in [0, 0.1) is 0 Å². The highest BCUT2D eigenvalue weighted by Crippen LogP contribution is 2.16. The Balaban J connectivity index is 1.65. The summed E-state index contributed by atoms with van der Waals surface area (Å²) in [5.74, 6) is -0.0112. The van der Waals surface area contributed by atoms with Gasteiger partial charge in [0.2, 0.25) is 0 Å². The number of nitrogens with zero attached hydrogens (tertiary/aromatic N) is 2. The van der Waals surface area contributed by atoms with Gasteiger partial charge in [-0.3, -0.25) is 9.59 Å². The molecule has 0 unspecified atom stereocenters. The van der Waals surface area contributed by atoms with Gasteiger partial charge in [0.25, 0.3) is 11.8 Å². The minimum atomic E-state index is -0.0189. The molecule has 0 atom stereocenters. The Labute approximate surface area is 160 Å². The molecule has 1 heterocycles. The first-order chi connectivity index (χ1) is 12.0. The molecular weight excluding hydrogens is 404 g/mol. The summed E-state index contributed by atoms with van der Waals surface area (Å²) in [4.78, 5) is 28.9. The first-order valence-corrected chi connectivity index (χ1v) is 9.31. The molecule has 2 aromatic carbocycles. The Morgan fingerprint density at radius 2 is 1.20 bits per heavy atom. The van der Waals surface area contributed by atoms with Crippen LogP contribution in [0.1, 0.15) is 27.1 Å². The van der Waals surface area contributed by atoms with Crippen molar-refractivity contribution in [1.29, 1.82) is 0 Å². The maximum Gasteiger partial charge on any atom is 0.253 e. The number of halogens is 2. The molecule has 1 aliphatic rings. The SMILES string of the molecule is O=C(c1ccc(Cl)cc1)N1CCCN(C(=O)c2ccc(Br)cc2)CC1. The first kappa shape index (κ1) is 18.0. The maximum absolute atomic E-state index is 12.6. The number of hydrogen-bond donors (Lipinski definition) is 0. The summed E-state index contributed by atoms with van der Waals surface area (Å²) in [7, 11) is 0. The molecule has 0 radical (unpaired) electrons. The third kappa shape index (κ3) is 4.41. The van der Waals surface area contributed by atoms with Crippen molar-refractivity contribution >= 4 is 39.3 Å². The Morgan fingerprint density at radius 3 is 1.68 bits per heavy atom. The van der Waals surface area contributed by atoms with Gasteiger partial charge >= 0.3 is 0 Å². The molecule has 0 N–H and O–H groups in total. The second-order valence-corrected chi connectivity index (χ2v) is 7.30. The van der Waals surface area contributed by atoms with E-state index in [9.17, 15) is 9.59 Å². The van der Waals surface area contributed by atoms with Crippen molar-refractivity contribution in [3.63, 3.8) is 0 Å². The lowest BCUT2D eigenvalue weighted by molar-refractivity contribution is 0.0719. The summed E-state index contributed by atoms with van der Waals surface area (Å²) in [6.45, 7) is 2.36. The quantitative estimate of drug-likeness (QED) is 0.733. The number of carbonyl (C=O) groups is 2. The van der Waals surface area contributed by atoms with Crippen molar-refractivity contribution in [2.24, 2.45) is 0 Å². The van der Waals surface area contributed by atoms with Crippen LogP contribution < -0.4 is 0 Å². The topological polar surface area (TPSA) is 40.6 Å². The average molecular weight is 422 g/mol. The smallest absolute Gasteiger partial charge is 0.253 e. The molecule has 2 aromatic rings. The summed E-state index contributed by atoms with van der Waals surface area (Å²) >= 11 is 9.25. The minimum absolute atomic E-state index is 0.00768. The molecule has 0 aromatic heterocycles. The fraction of sp³-hybridized carbons (Fsp3) is 0.263. The normalized spacial score (nSPS) is 15.0. The fourth-order valence-electron chi connectivity index (χ4n) is 2.87. The molecular formula is C19H18BrClN2O2. The molecule has 3 rings (SSSR count). The zero-order valence-electron chi connectivity index (χ0n) is 13.6. The Bertz CT molecular complexity index is 696. The van der Waals surface area contributed by atoms with Crippen LogP contribution in [0.15, 0.2) is 53.0 Å². The van der Waals surface area contributed by atoms with Crippen molar-refractivity contribution < 1.29 is 9.59 Å². The molecule has 0 spiro atoms. The summed E-state index contributed by atoms with van der Waals surface area (Å²) < 4.78 is 0.944. The Hall–Kier alpha value is -1.85. The highest BCUT2D eigenvalue weighted by molar-refractivity contribution is 9.10. The largest absolute Gasteiger partial charge is 0.337 e. The molecule has 1 saturated heterocycles. The van der Waals surface area contributed by atoms with Crippen LogP contribution in [0.5, 0.6) is 0 Å². The van der Waals surface area contributed by atoms with E-state index in [2.05, 4.69) is 15.9 Å². The van der Waals surface area contributed by atoms with E-state index in [0.29, 0.717) is 42.3 Å². The number of carbonyl (C=O) groups excluding carboxylic acids is 2. The zero-order chi connectivity index (χ0) is 17.8. The molecule has 0 aliphatic carbocycles. The van der Waals surface area contributed by atoms with Gasteiger partial charge in [-0.1, -0.05) is 27.5 Å². The molecule has 0 bridgehead atoms. The molecule has 25 heavy (non-hydrogen) atoms. The summed E-state index contributed by atoms with van der Waals surface area (Å²) in [6, 6.07) is 14.3. The van der Waals surface area contributed by atoms with Gasteiger partial charge in [0, 0.05) is 46.8 Å². The second kappa shape index (κ2) is 8.02. The third-order valence-corrected chi connectivity index (χ3v) is 5.03. The van der Waals surface area contributed by atoms with Crippen LogP contribution in [0.4, 0.5) is 0 Å². The first-order valence-electron chi connectivity index (χ1n) is 8.14. The van der Waals surface area contributed by atoms with E-state index in [4.69, 9.17) is 11.6 Å². The third-order valence-electron chi connectivity index (χ3n) is 4.25. The van der Waals surface area contributed by atoms with Crippen LogP contribution in [-0.4, -0.2) is 47.8 Å². The molecule has 2 amide bonds. The molecule has 1 fully saturated rings. The van der Waals surface area contributed by atoms with Gasteiger partial charge in [-0.15, -0.1) is 0 Å². The van der Waals surface area contributed by atoms with Crippen molar-refractivity contribution in [3.8, 4) is 0 Å². The van der Waals surface area contributed by atoms with Gasteiger partial charge < -0.3 is 9.80 Å². The molecule has 4 nitrogen and oxygen atoms in total. The Morgan fingerprint density at radius 1 is 0.760 bits per heavy atom. The van der Waals surface area contributed by atoms with Gasteiger partial charge in [-0.05, 0) is 55.0 Å². The predicted octanol–water partition coefficient (Wildman–Crippen LogP) is 4.09. The van der Waals surface area contributed by atoms with E-state index in [-0.39, 0.29) is 11.8 Å². The van der Waals surface area contributed by atoms with Crippen molar-refractivity contribution in [2.45, 2.75) is 6.42 Å². The molecule has 1 aliphatic heterocycles. The van der Waals surface area contributed by atoms with Crippen LogP contribution in [0.2, 0.25) is 5.02 Å². The van der Waals surface area contributed by atoms with Crippen LogP contribution in [0.3, 0.4) is 0 Å². The predicted molar refractivity (Wildman–Crippen MR) is 102 cm³/mol. The number of amides is 2. The van der Waals surface area contributed by atoms with Gasteiger partial charge in [0.15, 0.2) is 0 Å². The Kier molecular flexibility index (Phi) is 5.76. The van der Waals surface area contributed by atoms with Crippen LogP contribution in [0.25, 0.3) is 0 Å². The van der Waals surface area contributed by atoms with E-state index in [0.717, 1.165) is 10.9 Å². The molecule has 6 heteroatoms. The number of benzene rings is 2. The highest BCUT2D eigenvalue weighted by atomic mass is 79.9. The van der Waals surface area contributed by atoms with Gasteiger partial charge in [0.05, 0.1) is 0 Å². The number of rotatable bonds is 2. The van der Waals surface area contributed by atoms with Gasteiger partial charge in [0.1, 0.15) is 0 Å². The minimum Gasteiger partial charge on any atom is -0.337 e. The van der Waals surface area contributed by atoms with Crippen molar-refractivity contribution in [1.82, 2.24) is 9.80 Å². The van der Waals surface area contributed by atoms with Crippen LogP contribution >= 0.6 is 27.5 Å². The van der Waals surface area contributed by atoms with Crippen molar-refractivity contribution in [3.05, 3.63) is 69.2 Å². The average Bonchev–Trinajstić information content (AvgIpc) is 2.88. The molecule has 130 valence electrons. The van der Waals surface area contributed by atoms with E-state index in [1.54, 1.807) is 29.2 Å². The highest BCUT2D eigenvalue weighted by Gasteiger charge is 2.23.